The Kier molecular flexibility index (Phi) is 3.64. The largest absolute Gasteiger partial charge is 0.349 e. The first kappa shape index (κ1) is 12.9. The van der Waals surface area contributed by atoms with Crippen LogP contribution < -0.4 is 5.32 Å². The van der Waals surface area contributed by atoms with E-state index in [1.807, 2.05) is 6.07 Å². The van der Waals surface area contributed by atoms with Crippen molar-refractivity contribution in [3.63, 3.8) is 0 Å². The lowest BCUT2D eigenvalue weighted by Gasteiger charge is -2.08. The van der Waals surface area contributed by atoms with Gasteiger partial charge in [0.2, 0.25) is 0 Å². The fourth-order valence-electron chi connectivity index (χ4n) is 1.60. The van der Waals surface area contributed by atoms with Gasteiger partial charge in [-0.25, -0.2) is 0 Å². The van der Waals surface area contributed by atoms with Gasteiger partial charge < -0.3 is 5.32 Å². The van der Waals surface area contributed by atoms with E-state index in [-0.39, 0.29) is 11.4 Å². The summed E-state index contributed by atoms with van der Waals surface area (Å²) in [6, 6.07) is 13.0. The minimum absolute atomic E-state index is 0.0999. The van der Waals surface area contributed by atoms with Crippen molar-refractivity contribution in [3.05, 3.63) is 63.2 Å². The molecule has 2 rings (SSSR count). The molecule has 6 heteroatoms. The Morgan fingerprint density at radius 1 is 1.21 bits per heavy atom. The molecule has 19 heavy (non-hydrogen) atoms. The smallest absolute Gasteiger partial charge is 0.292 e. The number of halogens is 1. The molecule has 0 aromatic heterocycles. The van der Waals surface area contributed by atoms with Crippen molar-refractivity contribution < 1.29 is 4.92 Å². The van der Waals surface area contributed by atoms with Crippen LogP contribution in [0.15, 0.2) is 42.5 Å². The van der Waals surface area contributed by atoms with E-state index >= 15 is 0 Å². The minimum atomic E-state index is -0.506. The molecule has 0 fully saturated rings. The molecule has 0 aliphatic rings. The van der Waals surface area contributed by atoms with E-state index in [1.165, 1.54) is 18.2 Å². The monoisotopic (exact) mass is 273 g/mol. The lowest BCUT2D eigenvalue weighted by atomic mass is 10.2. The molecule has 0 saturated heterocycles. The maximum absolute atomic E-state index is 10.9. The summed E-state index contributed by atoms with van der Waals surface area (Å²) in [5.74, 6) is 0. The van der Waals surface area contributed by atoms with Crippen molar-refractivity contribution in [3.8, 4) is 6.07 Å². The normalized spacial score (nSPS) is 9.68. The third-order valence-electron chi connectivity index (χ3n) is 2.47. The number of nitrogens with zero attached hydrogens (tertiary/aromatic N) is 2. The first-order valence-corrected chi connectivity index (χ1v) is 5.69. The average molecular weight is 274 g/mol. The van der Waals surface area contributed by atoms with E-state index in [4.69, 9.17) is 16.9 Å². The number of nitro groups is 1. The SMILES string of the molecule is N#Cc1ccccc1Nc1cc(Cl)ccc1[N+](=O)[O-]. The zero-order valence-electron chi connectivity index (χ0n) is 9.63. The third kappa shape index (κ3) is 2.81. The molecule has 0 spiro atoms. The Bertz CT molecular complexity index is 680. The molecule has 0 saturated carbocycles. The Hall–Kier alpha value is -2.58. The summed E-state index contributed by atoms with van der Waals surface area (Å²) in [6.07, 6.45) is 0. The topological polar surface area (TPSA) is 79.0 Å². The summed E-state index contributed by atoms with van der Waals surface area (Å²) in [7, 11) is 0. The van der Waals surface area contributed by atoms with Crippen molar-refractivity contribution in [2.75, 3.05) is 5.32 Å². The van der Waals surface area contributed by atoms with Crippen LogP contribution in [0.1, 0.15) is 5.56 Å². The van der Waals surface area contributed by atoms with Gasteiger partial charge in [-0.3, -0.25) is 10.1 Å². The Labute approximate surface area is 114 Å². The van der Waals surface area contributed by atoms with Crippen LogP contribution in [0.4, 0.5) is 17.1 Å². The van der Waals surface area contributed by atoms with E-state index in [9.17, 15) is 10.1 Å². The van der Waals surface area contributed by atoms with Gasteiger partial charge in [0.15, 0.2) is 0 Å². The van der Waals surface area contributed by atoms with Crippen molar-refractivity contribution >= 4 is 28.7 Å². The number of para-hydroxylation sites is 1. The first-order valence-electron chi connectivity index (χ1n) is 5.32. The van der Waals surface area contributed by atoms with Crippen LogP contribution >= 0.6 is 11.6 Å². The van der Waals surface area contributed by atoms with Crippen LogP contribution in [0.2, 0.25) is 5.02 Å². The average Bonchev–Trinajstić information content (AvgIpc) is 2.39. The van der Waals surface area contributed by atoms with Crippen molar-refractivity contribution in [2.24, 2.45) is 0 Å². The van der Waals surface area contributed by atoms with Crippen molar-refractivity contribution in [1.29, 1.82) is 5.26 Å². The van der Waals surface area contributed by atoms with Gasteiger partial charge in [0.1, 0.15) is 11.8 Å². The second-order valence-electron chi connectivity index (χ2n) is 3.70. The standard InChI is InChI=1S/C13H8ClN3O2/c14-10-5-6-13(17(18)19)12(7-10)16-11-4-2-1-3-9(11)8-15/h1-7,16H. The second kappa shape index (κ2) is 5.38. The molecule has 0 heterocycles. The highest BCUT2D eigenvalue weighted by Crippen LogP contribution is 2.31. The van der Waals surface area contributed by atoms with Crippen LogP contribution in [-0.4, -0.2) is 4.92 Å². The van der Waals surface area contributed by atoms with E-state index in [0.717, 1.165) is 0 Å². The summed E-state index contributed by atoms with van der Waals surface area (Å²) in [4.78, 5) is 10.4. The number of hydrogen-bond donors (Lipinski definition) is 1. The molecule has 1 N–H and O–H groups in total. The summed E-state index contributed by atoms with van der Waals surface area (Å²) in [5, 5.41) is 23.2. The molecular weight excluding hydrogens is 266 g/mol. The highest BCUT2D eigenvalue weighted by molar-refractivity contribution is 6.31. The highest BCUT2D eigenvalue weighted by atomic mass is 35.5. The number of rotatable bonds is 3. The third-order valence-corrected chi connectivity index (χ3v) is 2.71. The number of nitro benzene ring substituents is 1. The van der Waals surface area contributed by atoms with Gasteiger partial charge in [0.25, 0.3) is 5.69 Å². The van der Waals surface area contributed by atoms with Crippen LogP contribution in [0.3, 0.4) is 0 Å². The number of nitrogens with one attached hydrogen (secondary N) is 1. The maximum Gasteiger partial charge on any atom is 0.292 e. The predicted molar refractivity (Wildman–Crippen MR) is 72.5 cm³/mol. The van der Waals surface area contributed by atoms with Crippen LogP contribution in [0.5, 0.6) is 0 Å². The molecule has 2 aromatic rings. The summed E-state index contributed by atoms with van der Waals surface area (Å²) >= 11 is 5.83. The molecule has 0 amide bonds. The molecular formula is C13H8ClN3O2. The maximum atomic E-state index is 10.9. The van der Waals surface area contributed by atoms with Gasteiger partial charge in [0.05, 0.1) is 16.2 Å². The zero-order chi connectivity index (χ0) is 13.8. The van der Waals surface area contributed by atoms with Gasteiger partial charge >= 0.3 is 0 Å². The minimum Gasteiger partial charge on any atom is -0.349 e. The molecule has 2 aromatic carbocycles. The zero-order valence-corrected chi connectivity index (χ0v) is 10.4. The lowest BCUT2D eigenvalue weighted by molar-refractivity contribution is -0.383. The Balaban J connectivity index is 2.46. The predicted octanol–water partition coefficient (Wildman–Crippen LogP) is 3.86. The highest BCUT2D eigenvalue weighted by Gasteiger charge is 2.15. The lowest BCUT2D eigenvalue weighted by Crippen LogP contribution is -1.98. The molecule has 0 aliphatic carbocycles. The van der Waals surface area contributed by atoms with Gasteiger partial charge in [-0.15, -0.1) is 0 Å². The Morgan fingerprint density at radius 2 is 1.95 bits per heavy atom. The second-order valence-corrected chi connectivity index (χ2v) is 4.14. The van der Waals surface area contributed by atoms with Gasteiger partial charge in [-0.05, 0) is 24.3 Å². The van der Waals surface area contributed by atoms with Crippen molar-refractivity contribution in [1.82, 2.24) is 0 Å². The molecule has 94 valence electrons. The molecule has 0 unspecified atom stereocenters. The van der Waals surface area contributed by atoms with Crippen LogP contribution in [0, 0.1) is 21.4 Å². The van der Waals surface area contributed by atoms with E-state index in [2.05, 4.69) is 5.32 Å². The summed E-state index contributed by atoms with van der Waals surface area (Å²) in [6.45, 7) is 0. The fraction of sp³-hybridized carbons (Fsp3) is 0. The quantitative estimate of drug-likeness (QED) is 0.680. The first-order chi connectivity index (χ1) is 9.11. The number of nitriles is 1. The molecule has 0 bridgehead atoms. The molecule has 0 radical (unpaired) electrons. The number of anilines is 2. The molecule has 0 aliphatic heterocycles. The van der Waals surface area contributed by atoms with Gasteiger partial charge in [0, 0.05) is 11.1 Å². The van der Waals surface area contributed by atoms with E-state index in [0.29, 0.717) is 16.3 Å². The van der Waals surface area contributed by atoms with Gasteiger partial charge in [-0.1, -0.05) is 23.7 Å². The molecule has 5 nitrogen and oxygen atoms in total. The summed E-state index contributed by atoms with van der Waals surface area (Å²) < 4.78 is 0. The van der Waals surface area contributed by atoms with Crippen molar-refractivity contribution in [2.45, 2.75) is 0 Å². The molecule has 0 atom stereocenters. The van der Waals surface area contributed by atoms with E-state index < -0.39 is 4.92 Å². The van der Waals surface area contributed by atoms with Gasteiger partial charge in [-0.2, -0.15) is 5.26 Å². The summed E-state index contributed by atoms with van der Waals surface area (Å²) in [5.41, 5.74) is 1.05. The Morgan fingerprint density at radius 3 is 2.63 bits per heavy atom. The number of hydrogen-bond acceptors (Lipinski definition) is 4. The number of benzene rings is 2. The van der Waals surface area contributed by atoms with E-state index in [1.54, 1.807) is 24.3 Å². The van der Waals surface area contributed by atoms with Crippen LogP contribution in [0.25, 0.3) is 0 Å². The van der Waals surface area contributed by atoms with Crippen LogP contribution in [-0.2, 0) is 0 Å². The fourth-order valence-corrected chi connectivity index (χ4v) is 1.77.